The number of thiophene rings is 1. The van der Waals surface area contributed by atoms with Crippen molar-refractivity contribution in [2.24, 2.45) is 5.92 Å². The number of aliphatic hydroxyl groups is 1. The molecule has 2 N–H and O–H groups in total. The highest BCUT2D eigenvalue weighted by molar-refractivity contribution is 7.13. The van der Waals surface area contributed by atoms with Gasteiger partial charge in [-0.15, -0.1) is 11.3 Å². The van der Waals surface area contributed by atoms with Crippen LogP contribution in [-0.2, 0) is 0 Å². The van der Waals surface area contributed by atoms with E-state index in [1.54, 1.807) is 29.2 Å². The number of aromatic nitrogens is 2. The second kappa shape index (κ2) is 5.38. The number of carbonyl (C=O) groups excluding carboxylic acids is 1. The van der Waals surface area contributed by atoms with Crippen LogP contribution in [0.3, 0.4) is 0 Å². The lowest BCUT2D eigenvalue weighted by atomic mass is 10.0. The number of aromatic amines is 1. The molecule has 0 saturated carbocycles. The molecule has 0 aromatic carbocycles. The number of likely N-dealkylation sites (tertiary alicyclic amines) is 1. The zero-order valence-electron chi connectivity index (χ0n) is 11.2. The Bertz CT molecular complexity index is 591. The van der Waals surface area contributed by atoms with Gasteiger partial charge in [0.25, 0.3) is 5.91 Å². The summed E-state index contributed by atoms with van der Waals surface area (Å²) in [7, 11) is 0. The Labute approximate surface area is 121 Å². The number of carbonyl (C=O) groups is 1. The van der Waals surface area contributed by atoms with Crippen LogP contribution >= 0.6 is 11.3 Å². The minimum atomic E-state index is -0.367. The Hall–Kier alpha value is -1.66. The summed E-state index contributed by atoms with van der Waals surface area (Å²) in [4.78, 5) is 15.2. The van der Waals surface area contributed by atoms with Crippen LogP contribution in [0.1, 0.15) is 23.8 Å². The van der Waals surface area contributed by atoms with Crippen LogP contribution in [0.2, 0.25) is 0 Å². The van der Waals surface area contributed by atoms with Gasteiger partial charge in [0.05, 0.1) is 16.7 Å². The van der Waals surface area contributed by atoms with Crippen LogP contribution < -0.4 is 0 Å². The van der Waals surface area contributed by atoms with Crippen LogP contribution in [0.4, 0.5) is 0 Å². The molecule has 0 spiro atoms. The van der Waals surface area contributed by atoms with Gasteiger partial charge in [-0.2, -0.15) is 5.10 Å². The lowest BCUT2D eigenvalue weighted by molar-refractivity contribution is 0.0757. The Kier molecular flexibility index (Phi) is 3.58. The van der Waals surface area contributed by atoms with E-state index in [1.807, 2.05) is 17.5 Å². The quantitative estimate of drug-likeness (QED) is 0.908. The van der Waals surface area contributed by atoms with Crippen molar-refractivity contribution in [3.63, 3.8) is 0 Å². The minimum absolute atomic E-state index is 0.0628. The van der Waals surface area contributed by atoms with E-state index < -0.39 is 0 Å². The molecule has 0 bridgehead atoms. The summed E-state index contributed by atoms with van der Waals surface area (Å²) in [6.45, 7) is 3.08. The molecular weight excluding hydrogens is 274 g/mol. The third-order valence-corrected chi connectivity index (χ3v) is 4.68. The van der Waals surface area contributed by atoms with Crippen LogP contribution in [0.5, 0.6) is 0 Å². The first-order valence-electron chi connectivity index (χ1n) is 6.72. The molecule has 1 aliphatic heterocycles. The summed E-state index contributed by atoms with van der Waals surface area (Å²) >= 11 is 1.61. The molecule has 5 nitrogen and oxygen atoms in total. The van der Waals surface area contributed by atoms with Gasteiger partial charge < -0.3 is 10.0 Å². The maximum atomic E-state index is 12.4. The molecule has 3 heterocycles. The first-order chi connectivity index (χ1) is 9.65. The molecule has 1 aliphatic rings. The molecular formula is C14H17N3O2S. The fraction of sp³-hybridized carbons (Fsp3) is 0.429. The summed E-state index contributed by atoms with van der Waals surface area (Å²) < 4.78 is 0. The first kappa shape index (κ1) is 13.3. The van der Waals surface area contributed by atoms with Crippen molar-refractivity contribution in [1.82, 2.24) is 15.1 Å². The molecule has 1 fully saturated rings. The van der Waals surface area contributed by atoms with Crippen LogP contribution in [0.25, 0.3) is 10.6 Å². The number of nitrogens with zero attached hydrogens (tertiary/aromatic N) is 2. The Morgan fingerprint density at radius 2 is 2.50 bits per heavy atom. The smallest absolute Gasteiger partial charge is 0.274 e. The zero-order valence-corrected chi connectivity index (χ0v) is 12.1. The average Bonchev–Trinajstić information content (AvgIpc) is 3.17. The molecule has 2 unspecified atom stereocenters. The molecule has 106 valence electrons. The van der Waals surface area contributed by atoms with Crippen molar-refractivity contribution in [2.45, 2.75) is 19.4 Å². The lowest BCUT2D eigenvalue weighted by Gasteiger charge is -2.16. The van der Waals surface area contributed by atoms with Crippen LogP contribution in [0.15, 0.2) is 23.6 Å². The molecule has 6 heteroatoms. The van der Waals surface area contributed by atoms with Crippen LogP contribution in [-0.4, -0.2) is 45.3 Å². The Morgan fingerprint density at radius 3 is 3.15 bits per heavy atom. The topological polar surface area (TPSA) is 69.2 Å². The van der Waals surface area contributed by atoms with Gasteiger partial charge in [0.2, 0.25) is 0 Å². The van der Waals surface area contributed by atoms with Gasteiger partial charge in [-0.25, -0.2) is 0 Å². The summed E-state index contributed by atoms with van der Waals surface area (Å²) in [6.07, 6.45) is 0.486. The predicted molar refractivity (Wildman–Crippen MR) is 77.6 cm³/mol. The number of hydrogen-bond acceptors (Lipinski definition) is 4. The van der Waals surface area contributed by atoms with Gasteiger partial charge in [-0.3, -0.25) is 9.89 Å². The standard InChI is InChI=1S/C14H17N3O2S/c1-9(18)10-4-5-17(8-10)14(19)12-7-11(15-16-12)13-3-2-6-20-13/h2-3,6-7,9-10,18H,4-5,8H2,1H3,(H,15,16). The number of H-pyrrole nitrogens is 1. The average molecular weight is 291 g/mol. The fourth-order valence-corrected chi connectivity index (χ4v) is 3.21. The van der Waals surface area contributed by atoms with E-state index >= 15 is 0 Å². The SMILES string of the molecule is CC(O)C1CCN(C(=O)c2cc(-c3cccs3)[nH]n2)C1. The van der Waals surface area contributed by atoms with E-state index in [9.17, 15) is 9.90 Å². The second-order valence-electron chi connectivity index (χ2n) is 5.18. The summed E-state index contributed by atoms with van der Waals surface area (Å²) in [5.74, 6) is 0.113. The van der Waals surface area contributed by atoms with Gasteiger partial charge in [-0.05, 0) is 30.9 Å². The lowest BCUT2D eigenvalue weighted by Crippen LogP contribution is -2.30. The highest BCUT2D eigenvalue weighted by atomic mass is 32.1. The second-order valence-corrected chi connectivity index (χ2v) is 6.13. The summed E-state index contributed by atoms with van der Waals surface area (Å²) in [5, 5.41) is 18.6. The van der Waals surface area contributed by atoms with E-state index in [1.165, 1.54) is 0 Å². The third kappa shape index (κ3) is 2.48. The van der Waals surface area contributed by atoms with Crippen molar-refractivity contribution in [3.05, 3.63) is 29.3 Å². The number of hydrogen-bond donors (Lipinski definition) is 2. The van der Waals surface area contributed by atoms with Crippen molar-refractivity contribution in [3.8, 4) is 10.6 Å². The highest BCUT2D eigenvalue weighted by Gasteiger charge is 2.30. The van der Waals surface area contributed by atoms with Crippen molar-refractivity contribution < 1.29 is 9.90 Å². The van der Waals surface area contributed by atoms with Crippen molar-refractivity contribution >= 4 is 17.2 Å². The molecule has 2 aromatic heterocycles. The number of aliphatic hydroxyl groups excluding tert-OH is 1. The highest BCUT2D eigenvalue weighted by Crippen LogP contribution is 2.25. The van der Waals surface area contributed by atoms with Gasteiger partial charge in [0.15, 0.2) is 5.69 Å². The van der Waals surface area contributed by atoms with E-state index in [0.29, 0.717) is 18.8 Å². The van der Waals surface area contributed by atoms with E-state index in [0.717, 1.165) is 17.0 Å². The molecule has 2 aromatic rings. The van der Waals surface area contributed by atoms with Gasteiger partial charge in [-0.1, -0.05) is 6.07 Å². The number of amides is 1. The molecule has 0 aliphatic carbocycles. The predicted octanol–water partition coefficient (Wildman–Crippen LogP) is 1.98. The largest absolute Gasteiger partial charge is 0.393 e. The molecule has 2 atom stereocenters. The Morgan fingerprint density at radius 1 is 1.65 bits per heavy atom. The number of nitrogens with one attached hydrogen (secondary N) is 1. The van der Waals surface area contributed by atoms with E-state index in [2.05, 4.69) is 10.2 Å². The molecule has 1 amide bonds. The minimum Gasteiger partial charge on any atom is -0.393 e. The summed E-state index contributed by atoms with van der Waals surface area (Å²) in [5.41, 5.74) is 1.31. The van der Waals surface area contributed by atoms with Crippen molar-refractivity contribution in [2.75, 3.05) is 13.1 Å². The van der Waals surface area contributed by atoms with E-state index in [4.69, 9.17) is 0 Å². The van der Waals surface area contributed by atoms with Gasteiger partial charge >= 0.3 is 0 Å². The Balaban J connectivity index is 1.72. The molecule has 0 radical (unpaired) electrons. The monoisotopic (exact) mass is 291 g/mol. The van der Waals surface area contributed by atoms with E-state index in [-0.39, 0.29) is 17.9 Å². The fourth-order valence-electron chi connectivity index (χ4n) is 2.52. The zero-order chi connectivity index (χ0) is 14.1. The normalized spacial score (nSPS) is 20.3. The van der Waals surface area contributed by atoms with Gasteiger partial charge in [0.1, 0.15) is 0 Å². The first-order valence-corrected chi connectivity index (χ1v) is 7.59. The van der Waals surface area contributed by atoms with Crippen LogP contribution in [0, 0.1) is 5.92 Å². The van der Waals surface area contributed by atoms with Crippen molar-refractivity contribution in [1.29, 1.82) is 0 Å². The maximum Gasteiger partial charge on any atom is 0.274 e. The summed E-state index contributed by atoms with van der Waals surface area (Å²) in [6, 6.07) is 5.76. The van der Waals surface area contributed by atoms with Gasteiger partial charge in [0, 0.05) is 19.0 Å². The molecule has 1 saturated heterocycles. The molecule has 3 rings (SSSR count). The third-order valence-electron chi connectivity index (χ3n) is 3.78. The maximum absolute atomic E-state index is 12.4. The number of rotatable bonds is 3. The molecule has 20 heavy (non-hydrogen) atoms.